The van der Waals surface area contributed by atoms with Gasteiger partial charge in [0.15, 0.2) is 0 Å². The summed E-state index contributed by atoms with van der Waals surface area (Å²) in [6.45, 7) is 9.75. The molecule has 0 radical (unpaired) electrons. The van der Waals surface area contributed by atoms with Crippen LogP contribution in [0.1, 0.15) is 20.8 Å². The maximum atomic E-state index is 11.6. The van der Waals surface area contributed by atoms with Crippen molar-refractivity contribution in [3.8, 4) is 0 Å². The van der Waals surface area contributed by atoms with Gasteiger partial charge in [-0.05, 0) is 5.41 Å². The fourth-order valence-corrected chi connectivity index (χ4v) is 1.35. The summed E-state index contributed by atoms with van der Waals surface area (Å²) in [5, 5.41) is 0. The molecular weight excluding hydrogens is 194 g/mol. The van der Waals surface area contributed by atoms with Crippen molar-refractivity contribution in [3.05, 3.63) is 0 Å². The third-order valence-electron chi connectivity index (χ3n) is 2.12. The van der Waals surface area contributed by atoms with E-state index in [2.05, 4.69) is 20.8 Å². The minimum atomic E-state index is 0.0718. The van der Waals surface area contributed by atoms with E-state index < -0.39 is 0 Å². The second-order valence-corrected chi connectivity index (χ2v) is 5.05. The minimum absolute atomic E-state index is 0.0718. The molecule has 0 saturated carbocycles. The largest absolute Gasteiger partial charge is 0.378 e. The molecule has 1 fully saturated rings. The molecule has 88 valence electrons. The SMILES string of the molecule is CC(C)(C)COCC(=O)N1CCOCC1. The number of morpholine rings is 1. The zero-order valence-electron chi connectivity index (χ0n) is 9.91. The van der Waals surface area contributed by atoms with Crippen LogP contribution in [-0.4, -0.2) is 50.3 Å². The second kappa shape index (κ2) is 5.47. The van der Waals surface area contributed by atoms with Gasteiger partial charge < -0.3 is 14.4 Å². The fraction of sp³-hybridized carbons (Fsp3) is 0.909. The van der Waals surface area contributed by atoms with E-state index in [0.717, 1.165) is 0 Å². The number of rotatable bonds is 3. The molecule has 1 rings (SSSR count). The van der Waals surface area contributed by atoms with E-state index in [-0.39, 0.29) is 17.9 Å². The monoisotopic (exact) mass is 215 g/mol. The molecule has 1 saturated heterocycles. The van der Waals surface area contributed by atoms with E-state index in [0.29, 0.717) is 32.9 Å². The Labute approximate surface area is 91.5 Å². The lowest BCUT2D eigenvalue weighted by Gasteiger charge is -2.27. The molecule has 1 aliphatic rings. The second-order valence-electron chi connectivity index (χ2n) is 5.05. The summed E-state index contributed by atoms with van der Waals surface area (Å²) in [7, 11) is 0. The number of carbonyl (C=O) groups is 1. The third kappa shape index (κ3) is 5.14. The first-order valence-electron chi connectivity index (χ1n) is 5.42. The van der Waals surface area contributed by atoms with Crippen molar-refractivity contribution < 1.29 is 14.3 Å². The first-order chi connectivity index (χ1) is 6.99. The molecular formula is C11H21NO3. The molecule has 0 unspecified atom stereocenters. The van der Waals surface area contributed by atoms with Crippen molar-refractivity contribution in [2.75, 3.05) is 39.5 Å². The maximum Gasteiger partial charge on any atom is 0.248 e. The molecule has 1 aliphatic heterocycles. The average Bonchev–Trinajstić information content (AvgIpc) is 2.17. The zero-order valence-corrected chi connectivity index (χ0v) is 9.91. The van der Waals surface area contributed by atoms with Crippen molar-refractivity contribution in [1.82, 2.24) is 4.90 Å². The predicted octanol–water partition coefficient (Wildman–Crippen LogP) is 0.908. The molecule has 0 aromatic rings. The summed E-state index contributed by atoms with van der Waals surface area (Å²) in [5.74, 6) is 0.0718. The summed E-state index contributed by atoms with van der Waals surface area (Å²) < 4.78 is 10.6. The van der Waals surface area contributed by atoms with Crippen LogP contribution in [0.5, 0.6) is 0 Å². The Hall–Kier alpha value is -0.610. The lowest BCUT2D eigenvalue weighted by atomic mass is 9.99. The molecule has 0 aromatic carbocycles. The molecule has 0 N–H and O–H groups in total. The molecule has 1 amide bonds. The van der Waals surface area contributed by atoms with Crippen molar-refractivity contribution in [3.63, 3.8) is 0 Å². The topological polar surface area (TPSA) is 38.8 Å². The number of carbonyl (C=O) groups excluding carboxylic acids is 1. The summed E-state index contributed by atoms with van der Waals surface area (Å²) in [6.07, 6.45) is 0. The van der Waals surface area contributed by atoms with Crippen LogP contribution in [0.25, 0.3) is 0 Å². The van der Waals surface area contributed by atoms with Gasteiger partial charge in [-0.3, -0.25) is 4.79 Å². The molecule has 4 nitrogen and oxygen atoms in total. The van der Waals surface area contributed by atoms with Crippen molar-refractivity contribution in [2.45, 2.75) is 20.8 Å². The molecule has 15 heavy (non-hydrogen) atoms. The van der Waals surface area contributed by atoms with Crippen molar-refractivity contribution in [1.29, 1.82) is 0 Å². The number of amides is 1. The van der Waals surface area contributed by atoms with Crippen molar-refractivity contribution in [2.24, 2.45) is 5.41 Å². The van der Waals surface area contributed by atoms with E-state index >= 15 is 0 Å². The van der Waals surface area contributed by atoms with Crippen molar-refractivity contribution >= 4 is 5.91 Å². The quantitative estimate of drug-likeness (QED) is 0.702. The summed E-state index contributed by atoms with van der Waals surface area (Å²) in [5.41, 5.74) is 0.116. The molecule has 0 atom stereocenters. The van der Waals surface area contributed by atoms with Gasteiger partial charge in [0.1, 0.15) is 6.61 Å². The van der Waals surface area contributed by atoms with Crippen LogP contribution in [0.3, 0.4) is 0 Å². The van der Waals surface area contributed by atoms with Gasteiger partial charge in [-0.25, -0.2) is 0 Å². The molecule has 0 aromatic heterocycles. The van der Waals surface area contributed by atoms with Crippen LogP contribution in [0.2, 0.25) is 0 Å². The Morgan fingerprint density at radius 2 is 1.93 bits per heavy atom. The smallest absolute Gasteiger partial charge is 0.248 e. The number of ether oxygens (including phenoxy) is 2. The predicted molar refractivity (Wildman–Crippen MR) is 57.7 cm³/mol. The zero-order chi connectivity index (χ0) is 11.3. The fourth-order valence-electron chi connectivity index (χ4n) is 1.35. The lowest BCUT2D eigenvalue weighted by Crippen LogP contribution is -2.42. The van der Waals surface area contributed by atoms with Crippen LogP contribution >= 0.6 is 0 Å². The van der Waals surface area contributed by atoms with Crippen LogP contribution < -0.4 is 0 Å². The normalized spacial score (nSPS) is 17.9. The summed E-state index contributed by atoms with van der Waals surface area (Å²) in [4.78, 5) is 13.4. The standard InChI is InChI=1S/C11H21NO3/c1-11(2,3)9-15-8-10(13)12-4-6-14-7-5-12/h4-9H2,1-3H3. The first-order valence-corrected chi connectivity index (χ1v) is 5.42. The highest BCUT2D eigenvalue weighted by Gasteiger charge is 2.18. The van der Waals surface area contributed by atoms with Crippen LogP contribution in [0.4, 0.5) is 0 Å². The highest BCUT2D eigenvalue weighted by atomic mass is 16.5. The molecule has 0 bridgehead atoms. The number of hydrogen-bond acceptors (Lipinski definition) is 3. The van der Waals surface area contributed by atoms with Gasteiger partial charge >= 0.3 is 0 Å². The first kappa shape index (κ1) is 12.5. The number of nitrogens with zero attached hydrogens (tertiary/aromatic N) is 1. The summed E-state index contributed by atoms with van der Waals surface area (Å²) in [6, 6.07) is 0. The van der Waals surface area contributed by atoms with Gasteiger partial charge in [0.2, 0.25) is 5.91 Å². The van der Waals surface area contributed by atoms with E-state index in [1.807, 2.05) is 0 Å². The Kier molecular flexibility index (Phi) is 4.54. The van der Waals surface area contributed by atoms with Crippen LogP contribution in [0, 0.1) is 5.41 Å². The lowest BCUT2D eigenvalue weighted by molar-refractivity contribution is -0.141. The third-order valence-corrected chi connectivity index (χ3v) is 2.12. The Bertz CT molecular complexity index is 204. The summed E-state index contributed by atoms with van der Waals surface area (Å²) >= 11 is 0. The van der Waals surface area contributed by atoms with E-state index in [4.69, 9.17) is 9.47 Å². The van der Waals surface area contributed by atoms with Gasteiger partial charge in [0.05, 0.1) is 19.8 Å². The van der Waals surface area contributed by atoms with Gasteiger partial charge in [-0.1, -0.05) is 20.8 Å². The Balaban J connectivity index is 2.17. The van der Waals surface area contributed by atoms with Crippen LogP contribution in [0.15, 0.2) is 0 Å². The van der Waals surface area contributed by atoms with Gasteiger partial charge in [-0.2, -0.15) is 0 Å². The van der Waals surface area contributed by atoms with E-state index in [1.165, 1.54) is 0 Å². The van der Waals surface area contributed by atoms with E-state index in [1.54, 1.807) is 4.90 Å². The highest BCUT2D eigenvalue weighted by Crippen LogP contribution is 2.12. The van der Waals surface area contributed by atoms with Crippen LogP contribution in [-0.2, 0) is 14.3 Å². The molecule has 4 heteroatoms. The van der Waals surface area contributed by atoms with Gasteiger partial charge in [0, 0.05) is 13.1 Å². The Morgan fingerprint density at radius 1 is 1.33 bits per heavy atom. The molecule has 1 heterocycles. The average molecular weight is 215 g/mol. The maximum absolute atomic E-state index is 11.6. The number of hydrogen-bond donors (Lipinski definition) is 0. The Morgan fingerprint density at radius 3 is 2.47 bits per heavy atom. The molecule has 0 aliphatic carbocycles. The minimum Gasteiger partial charge on any atom is -0.378 e. The van der Waals surface area contributed by atoms with Gasteiger partial charge in [-0.15, -0.1) is 0 Å². The van der Waals surface area contributed by atoms with E-state index in [9.17, 15) is 4.79 Å². The molecule has 0 spiro atoms. The highest BCUT2D eigenvalue weighted by molar-refractivity contribution is 5.77. The van der Waals surface area contributed by atoms with Gasteiger partial charge in [0.25, 0.3) is 0 Å².